The van der Waals surface area contributed by atoms with Crippen LogP contribution >= 0.6 is 0 Å². The molecule has 28 heavy (non-hydrogen) atoms. The fraction of sp³-hybridized carbons (Fsp3) is 0.200. The molecule has 1 aromatic carbocycles. The topological polar surface area (TPSA) is 97.4 Å². The summed E-state index contributed by atoms with van der Waals surface area (Å²) >= 11 is 0. The van der Waals surface area contributed by atoms with E-state index in [2.05, 4.69) is 25.8 Å². The average Bonchev–Trinajstić information content (AvgIpc) is 3.29. The molecule has 0 atom stereocenters. The summed E-state index contributed by atoms with van der Waals surface area (Å²) in [6.45, 7) is 3.65. The third-order valence-corrected chi connectivity index (χ3v) is 4.97. The van der Waals surface area contributed by atoms with Gasteiger partial charge in [-0.2, -0.15) is 4.98 Å². The van der Waals surface area contributed by atoms with Crippen molar-refractivity contribution in [2.75, 3.05) is 18.4 Å². The number of anilines is 1. The number of carbonyl (C=O) groups excluding carboxylic acids is 1. The Balaban J connectivity index is 1.43. The summed E-state index contributed by atoms with van der Waals surface area (Å²) in [5, 5.41) is 10.3. The molecule has 0 radical (unpaired) electrons. The number of fused-ring (bicyclic) bond motifs is 1. The fourth-order valence-corrected chi connectivity index (χ4v) is 3.16. The molecule has 0 spiro atoms. The lowest BCUT2D eigenvalue weighted by Crippen LogP contribution is -2.40. The van der Waals surface area contributed by atoms with Crippen molar-refractivity contribution in [3.8, 4) is 11.4 Å². The van der Waals surface area contributed by atoms with Gasteiger partial charge in [0, 0.05) is 30.5 Å². The van der Waals surface area contributed by atoms with Crippen molar-refractivity contribution in [1.82, 2.24) is 24.8 Å². The second-order valence-corrected chi connectivity index (χ2v) is 6.87. The molecule has 1 fully saturated rings. The van der Waals surface area contributed by atoms with E-state index in [0.29, 0.717) is 23.1 Å². The summed E-state index contributed by atoms with van der Waals surface area (Å²) in [5.41, 5.74) is 3.63. The first-order valence-corrected chi connectivity index (χ1v) is 9.08. The van der Waals surface area contributed by atoms with Crippen LogP contribution in [-0.4, -0.2) is 38.5 Å². The molecule has 1 aliphatic heterocycles. The van der Waals surface area contributed by atoms with E-state index in [1.165, 1.54) is 0 Å². The van der Waals surface area contributed by atoms with E-state index in [1.54, 1.807) is 10.6 Å². The van der Waals surface area contributed by atoms with Crippen LogP contribution < -0.4 is 10.6 Å². The molecule has 8 nitrogen and oxygen atoms in total. The zero-order valence-corrected chi connectivity index (χ0v) is 15.2. The van der Waals surface area contributed by atoms with Gasteiger partial charge in [-0.25, -0.2) is 4.98 Å². The van der Waals surface area contributed by atoms with Crippen LogP contribution in [0.1, 0.15) is 27.9 Å². The van der Waals surface area contributed by atoms with E-state index in [1.807, 2.05) is 49.5 Å². The number of pyridine rings is 1. The van der Waals surface area contributed by atoms with Crippen LogP contribution in [0.3, 0.4) is 0 Å². The van der Waals surface area contributed by atoms with E-state index in [0.717, 1.165) is 29.9 Å². The van der Waals surface area contributed by atoms with Crippen LogP contribution in [0.4, 0.5) is 5.69 Å². The second kappa shape index (κ2) is 6.58. The van der Waals surface area contributed by atoms with Crippen LogP contribution in [0.25, 0.3) is 17.0 Å². The fourth-order valence-electron chi connectivity index (χ4n) is 3.16. The summed E-state index contributed by atoms with van der Waals surface area (Å²) in [7, 11) is 0. The van der Waals surface area contributed by atoms with Gasteiger partial charge in [-0.3, -0.25) is 9.20 Å². The molecule has 0 saturated carbocycles. The van der Waals surface area contributed by atoms with Crippen molar-refractivity contribution in [1.29, 1.82) is 0 Å². The number of imidazole rings is 1. The quantitative estimate of drug-likeness (QED) is 0.570. The standard InChI is InChI=1S/C20H18N6O2/c1-12-5-6-13(18-24-20(28-25-18)14-9-21-10-14)8-15(12)23-19(27)16-11-22-17-4-2-3-7-26(16)17/h2-8,11,14,21H,9-10H2,1H3,(H,23,27). The molecule has 1 saturated heterocycles. The Morgan fingerprint density at radius 1 is 1.29 bits per heavy atom. The van der Waals surface area contributed by atoms with Crippen molar-refractivity contribution < 1.29 is 9.32 Å². The van der Waals surface area contributed by atoms with Crippen molar-refractivity contribution in [2.45, 2.75) is 12.8 Å². The maximum Gasteiger partial charge on any atom is 0.274 e. The molecule has 1 amide bonds. The molecule has 140 valence electrons. The number of aryl methyl sites for hydroxylation is 1. The van der Waals surface area contributed by atoms with Gasteiger partial charge in [-0.05, 0) is 30.7 Å². The van der Waals surface area contributed by atoms with E-state index in [9.17, 15) is 4.79 Å². The normalized spacial score (nSPS) is 14.2. The largest absolute Gasteiger partial charge is 0.339 e. The van der Waals surface area contributed by atoms with E-state index < -0.39 is 0 Å². The zero-order chi connectivity index (χ0) is 19.1. The lowest BCUT2D eigenvalue weighted by molar-refractivity contribution is 0.102. The number of hydrogen-bond acceptors (Lipinski definition) is 6. The molecular weight excluding hydrogens is 356 g/mol. The summed E-state index contributed by atoms with van der Waals surface area (Å²) in [4.78, 5) is 21.6. The number of amides is 1. The summed E-state index contributed by atoms with van der Waals surface area (Å²) < 4.78 is 7.14. The van der Waals surface area contributed by atoms with Gasteiger partial charge in [0.2, 0.25) is 11.7 Å². The number of carbonyl (C=O) groups is 1. The summed E-state index contributed by atoms with van der Waals surface area (Å²) in [5.74, 6) is 1.21. The van der Waals surface area contributed by atoms with E-state index >= 15 is 0 Å². The lowest BCUT2D eigenvalue weighted by atomic mass is 10.0. The Labute approximate surface area is 160 Å². The molecule has 0 aliphatic carbocycles. The highest BCUT2D eigenvalue weighted by molar-refractivity contribution is 6.04. The Morgan fingerprint density at radius 2 is 2.18 bits per heavy atom. The molecule has 8 heteroatoms. The first-order chi connectivity index (χ1) is 13.7. The smallest absolute Gasteiger partial charge is 0.274 e. The van der Waals surface area contributed by atoms with Gasteiger partial charge in [0.05, 0.1) is 12.1 Å². The third-order valence-electron chi connectivity index (χ3n) is 4.97. The summed E-state index contributed by atoms with van der Waals surface area (Å²) in [6.07, 6.45) is 3.39. The number of hydrogen-bond donors (Lipinski definition) is 2. The third kappa shape index (κ3) is 2.84. The Hall–Kier alpha value is -3.52. The first-order valence-electron chi connectivity index (χ1n) is 9.08. The monoisotopic (exact) mass is 374 g/mol. The number of nitrogens with one attached hydrogen (secondary N) is 2. The van der Waals surface area contributed by atoms with Gasteiger partial charge in [-0.1, -0.05) is 23.4 Å². The molecule has 0 bridgehead atoms. The summed E-state index contributed by atoms with van der Waals surface area (Å²) in [6, 6.07) is 11.3. The Morgan fingerprint density at radius 3 is 3.00 bits per heavy atom. The number of nitrogens with zero attached hydrogens (tertiary/aromatic N) is 4. The van der Waals surface area contributed by atoms with Crippen molar-refractivity contribution >= 4 is 17.2 Å². The maximum absolute atomic E-state index is 12.8. The van der Waals surface area contributed by atoms with Crippen LogP contribution in [-0.2, 0) is 0 Å². The van der Waals surface area contributed by atoms with Crippen molar-refractivity contribution in [3.63, 3.8) is 0 Å². The highest BCUT2D eigenvalue weighted by Crippen LogP contribution is 2.26. The minimum atomic E-state index is -0.228. The molecule has 2 N–H and O–H groups in total. The van der Waals surface area contributed by atoms with Crippen LogP contribution in [0.5, 0.6) is 0 Å². The van der Waals surface area contributed by atoms with Crippen molar-refractivity contribution in [3.05, 3.63) is 65.9 Å². The zero-order valence-electron chi connectivity index (χ0n) is 15.2. The van der Waals surface area contributed by atoms with Gasteiger partial charge in [0.1, 0.15) is 11.3 Å². The number of benzene rings is 1. The highest BCUT2D eigenvalue weighted by Gasteiger charge is 2.25. The Bertz CT molecular complexity index is 1170. The molecular formula is C20H18N6O2. The van der Waals surface area contributed by atoms with Crippen LogP contribution in [0.2, 0.25) is 0 Å². The van der Waals surface area contributed by atoms with Gasteiger partial charge in [-0.15, -0.1) is 0 Å². The molecule has 3 aromatic heterocycles. The second-order valence-electron chi connectivity index (χ2n) is 6.87. The first kappa shape index (κ1) is 16.6. The highest BCUT2D eigenvalue weighted by atomic mass is 16.5. The van der Waals surface area contributed by atoms with Crippen LogP contribution in [0.15, 0.2) is 53.3 Å². The van der Waals surface area contributed by atoms with E-state index in [4.69, 9.17) is 4.52 Å². The molecule has 1 aliphatic rings. The number of aromatic nitrogens is 4. The molecule has 4 heterocycles. The van der Waals surface area contributed by atoms with Gasteiger partial charge >= 0.3 is 0 Å². The SMILES string of the molecule is Cc1ccc(-c2noc(C3CNC3)n2)cc1NC(=O)c1cnc2ccccn12. The predicted octanol–water partition coefficient (Wildman–Crippen LogP) is 2.63. The maximum atomic E-state index is 12.8. The van der Waals surface area contributed by atoms with Crippen LogP contribution in [0, 0.1) is 6.92 Å². The van der Waals surface area contributed by atoms with Gasteiger partial charge in [0.25, 0.3) is 5.91 Å². The number of rotatable bonds is 4. The molecule has 0 unspecified atom stereocenters. The van der Waals surface area contributed by atoms with E-state index in [-0.39, 0.29) is 11.8 Å². The minimum absolute atomic E-state index is 0.228. The van der Waals surface area contributed by atoms with Crippen molar-refractivity contribution in [2.24, 2.45) is 0 Å². The molecule has 4 aromatic rings. The van der Waals surface area contributed by atoms with Gasteiger partial charge < -0.3 is 15.2 Å². The lowest BCUT2D eigenvalue weighted by Gasteiger charge is -2.22. The Kier molecular flexibility index (Phi) is 3.91. The van der Waals surface area contributed by atoms with Gasteiger partial charge in [0.15, 0.2) is 0 Å². The average molecular weight is 374 g/mol. The molecule has 5 rings (SSSR count). The predicted molar refractivity (Wildman–Crippen MR) is 103 cm³/mol. The minimum Gasteiger partial charge on any atom is -0.339 e.